The van der Waals surface area contributed by atoms with Gasteiger partial charge in [0.1, 0.15) is 37.4 Å². The van der Waals surface area contributed by atoms with Crippen LogP contribution < -0.4 is 23.8 Å². The van der Waals surface area contributed by atoms with Crippen LogP contribution in [-0.2, 0) is 26.2 Å². The average molecular weight is 614 g/mol. The first-order chi connectivity index (χ1) is 20.5. The molecule has 10 nitrogen and oxygen atoms in total. The predicted octanol–water partition coefficient (Wildman–Crippen LogP) is 3.99. The fourth-order valence-electron chi connectivity index (χ4n) is 4.41. The number of nitrogens with one attached hydrogen (secondary N) is 1. The lowest BCUT2D eigenvalue weighted by atomic mass is 10.1. The number of anilines is 1. The Morgan fingerprint density at radius 2 is 1.60 bits per heavy atom. The van der Waals surface area contributed by atoms with E-state index in [0.29, 0.717) is 30.2 Å². The molecule has 43 heavy (non-hydrogen) atoms. The monoisotopic (exact) mass is 613 g/mol. The molecule has 1 N–H and O–H groups in total. The van der Waals surface area contributed by atoms with Gasteiger partial charge in [0.25, 0.3) is 10.0 Å². The minimum atomic E-state index is -4.37. The summed E-state index contributed by atoms with van der Waals surface area (Å²) in [5, 5.41) is 2.85. The Bertz CT molecular complexity index is 1530. The van der Waals surface area contributed by atoms with Gasteiger partial charge in [-0.3, -0.25) is 13.9 Å². The summed E-state index contributed by atoms with van der Waals surface area (Å²) in [5.41, 5.74) is 0.784. The van der Waals surface area contributed by atoms with Crippen LogP contribution in [0.5, 0.6) is 17.2 Å². The van der Waals surface area contributed by atoms with E-state index in [2.05, 4.69) is 5.32 Å². The maximum atomic E-state index is 14.0. The number of ether oxygens (including phenoxy) is 3. The standard InChI is InChI=1S/C31H36FN3O7S/c1-21(2)18-33-31(37)22(3)34(19-23-5-11-26(40-4)12-6-23)30(36)20-35(25-9-7-24(32)8-10-25)43(38,39)27-13-14-28-29(17-27)42-16-15-41-28/h5-14,17,21-22H,15-16,18-20H2,1-4H3,(H,33,37)/t22-/m1/s1. The second kappa shape index (κ2) is 13.8. The first-order valence-corrected chi connectivity index (χ1v) is 15.3. The summed E-state index contributed by atoms with van der Waals surface area (Å²) in [5.74, 6) is -0.101. The lowest BCUT2D eigenvalue weighted by Crippen LogP contribution is -2.51. The van der Waals surface area contributed by atoms with Crippen molar-refractivity contribution in [3.63, 3.8) is 0 Å². The Labute approximate surface area is 251 Å². The SMILES string of the molecule is COc1ccc(CN(C(=O)CN(c2ccc(F)cc2)S(=O)(=O)c2ccc3c(c2)OCCO3)[C@H](C)C(=O)NCC(C)C)cc1. The molecule has 2 amide bonds. The summed E-state index contributed by atoms with van der Waals surface area (Å²) >= 11 is 0. The van der Waals surface area contributed by atoms with Gasteiger partial charge in [-0.05, 0) is 66.9 Å². The van der Waals surface area contributed by atoms with Gasteiger partial charge in [0.05, 0.1) is 17.7 Å². The van der Waals surface area contributed by atoms with Gasteiger partial charge in [-0.2, -0.15) is 0 Å². The van der Waals surface area contributed by atoms with Gasteiger partial charge in [-0.1, -0.05) is 26.0 Å². The zero-order valence-electron chi connectivity index (χ0n) is 24.6. The van der Waals surface area contributed by atoms with Crippen LogP contribution in [0.15, 0.2) is 71.6 Å². The largest absolute Gasteiger partial charge is 0.497 e. The molecule has 4 rings (SSSR count). The lowest BCUT2D eigenvalue weighted by molar-refractivity contribution is -0.139. The van der Waals surface area contributed by atoms with Crippen LogP contribution >= 0.6 is 0 Å². The minimum absolute atomic E-state index is 0.0282. The highest BCUT2D eigenvalue weighted by Crippen LogP contribution is 2.34. The summed E-state index contributed by atoms with van der Waals surface area (Å²) < 4.78 is 59.1. The van der Waals surface area contributed by atoms with E-state index in [1.807, 2.05) is 13.8 Å². The summed E-state index contributed by atoms with van der Waals surface area (Å²) in [6, 6.07) is 15.1. The number of fused-ring (bicyclic) bond motifs is 1. The molecule has 0 aliphatic carbocycles. The number of amides is 2. The van der Waals surface area contributed by atoms with Crippen LogP contribution in [0.25, 0.3) is 0 Å². The highest BCUT2D eigenvalue weighted by atomic mass is 32.2. The van der Waals surface area contributed by atoms with Gasteiger partial charge < -0.3 is 24.4 Å². The van der Waals surface area contributed by atoms with Crippen LogP contribution in [0.1, 0.15) is 26.3 Å². The minimum Gasteiger partial charge on any atom is -0.497 e. The number of hydrogen-bond acceptors (Lipinski definition) is 7. The van der Waals surface area contributed by atoms with Gasteiger partial charge in [-0.15, -0.1) is 0 Å². The van der Waals surface area contributed by atoms with E-state index >= 15 is 0 Å². The molecule has 3 aromatic rings. The fourth-order valence-corrected chi connectivity index (χ4v) is 5.84. The maximum absolute atomic E-state index is 14.0. The van der Waals surface area contributed by atoms with E-state index in [0.717, 1.165) is 16.4 Å². The molecule has 0 unspecified atom stereocenters. The average Bonchev–Trinajstić information content (AvgIpc) is 3.01. The molecule has 0 aromatic heterocycles. The molecule has 0 bridgehead atoms. The third kappa shape index (κ3) is 7.75. The van der Waals surface area contributed by atoms with E-state index < -0.39 is 34.3 Å². The number of carbonyl (C=O) groups excluding carboxylic acids is 2. The summed E-state index contributed by atoms with van der Waals surface area (Å²) in [6.07, 6.45) is 0. The van der Waals surface area contributed by atoms with E-state index in [1.54, 1.807) is 31.2 Å². The van der Waals surface area contributed by atoms with Crippen molar-refractivity contribution < 1.29 is 36.6 Å². The summed E-state index contributed by atoms with van der Waals surface area (Å²) in [6.45, 7) is 5.88. The summed E-state index contributed by atoms with van der Waals surface area (Å²) in [7, 11) is -2.83. The van der Waals surface area contributed by atoms with Crippen molar-refractivity contribution in [3.05, 3.63) is 78.1 Å². The number of sulfonamides is 1. The van der Waals surface area contributed by atoms with Crippen molar-refractivity contribution in [1.29, 1.82) is 0 Å². The number of benzene rings is 3. The Morgan fingerprint density at radius 1 is 0.953 bits per heavy atom. The van der Waals surface area contributed by atoms with Crippen LogP contribution in [-0.4, -0.2) is 64.6 Å². The molecular formula is C31H36FN3O7S. The predicted molar refractivity (Wildman–Crippen MR) is 159 cm³/mol. The molecule has 0 saturated heterocycles. The Hall–Kier alpha value is -4.32. The number of methoxy groups -OCH3 is 1. The second-order valence-corrected chi connectivity index (χ2v) is 12.3. The van der Waals surface area contributed by atoms with Crippen LogP contribution in [0.2, 0.25) is 0 Å². The topological polar surface area (TPSA) is 114 Å². The van der Waals surface area contributed by atoms with Crippen molar-refractivity contribution in [3.8, 4) is 17.2 Å². The Balaban J connectivity index is 1.70. The molecule has 0 spiro atoms. The van der Waals surface area contributed by atoms with Gasteiger partial charge in [0, 0.05) is 19.2 Å². The fraction of sp³-hybridized carbons (Fsp3) is 0.355. The Kier molecular flexibility index (Phi) is 10.1. The number of hydrogen-bond donors (Lipinski definition) is 1. The van der Waals surface area contributed by atoms with Crippen LogP contribution in [0.3, 0.4) is 0 Å². The first-order valence-electron chi connectivity index (χ1n) is 13.9. The molecule has 0 saturated carbocycles. The number of halogens is 1. The third-order valence-corrected chi connectivity index (χ3v) is 8.63. The van der Waals surface area contributed by atoms with Crippen molar-refractivity contribution in [2.24, 2.45) is 5.92 Å². The van der Waals surface area contributed by atoms with Gasteiger partial charge >= 0.3 is 0 Å². The molecule has 0 fully saturated rings. The normalized spacial score (nSPS) is 13.3. The molecule has 0 radical (unpaired) electrons. The third-order valence-electron chi connectivity index (χ3n) is 6.86. The van der Waals surface area contributed by atoms with Crippen LogP contribution in [0, 0.1) is 11.7 Å². The van der Waals surface area contributed by atoms with Crippen molar-refractivity contribution in [2.75, 3.05) is 37.7 Å². The molecule has 3 aromatic carbocycles. The van der Waals surface area contributed by atoms with Crippen molar-refractivity contribution in [2.45, 2.75) is 38.3 Å². The van der Waals surface area contributed by atoms with Gasteiger partial charge in [0.15, 0.2) is 11.5 Å². The molecule has 12 heteroatoms. The molecule has 1 aliphatic rings. The van der Waals surface area contributed by atoms with E-state index in [-0.39, 0.29) is 41.3 Å². The molecule has 1 atom stereocenters. The van der Waals surface area contributed by atoms with Gasteiger partial charge in [0.2, 0.25) is 11.8 Å². The second-order valence-electron chi connectivity index (χ2n) is 10.5. The quantitative estimate of drug-likeness (QED) is 0.329. The summed E-state index contributed by atoms with van der Waals surface area (Å²) in [4.78, 5) is 28.3. The van der Waals surface area contributed by atoms with E-state index in [1.165, 1.54) is 42.3 Å². The number of rotatable bonds is 12. The molecule has 1 heterocycles. The number of carbonyl (C=O) groups is 2. The van der Waals surface area contributed by atoms with Crippen molar-refractivity contribution >= 4 is 27.5 Å². The van der Waals surface area contributed by atoms with Crippen LogP contribution in [0.4, 0.5) is 10.1 Å². The zero-order valence-corrected chi connectivity index (χ0v) is 25.4. The van der Waals surface area contributed by atoms with E-state index in [4.69, 9.17) is 14.2 Å². The van der Waals surface area contributed by atoms with E-state index in [9.17, 15) is 22.4 Å². The maximum Gasteiger partial charge on any atom is 0.264 e. The van der Waals surface area contributed by atoms with Crippen molar-refractivity contribution in [1.82, 2.24) is 10.2 Å². The smallest absolute Gasteiger partial charge is 0.264 e. The molecular weight excluding hydrogens is 577 g/mol. The highest BCUT2D eigenvalue weighted by molar-refractivity contribution is 7.92. The zero-order chi connectivity index (χ0) is 31.1. The lowest BCUT2D eigenvalue weighted by Gasteiger charge is -2.32. The van der Waals surface area contributed by atoms with Gasteiger partial charge in [-0.25, -0.2) is 12.8 Å². The first kappa shape index (κ1) is 31.6. The highest BCUT2D eigenvalue weighted by Gasteiger charge is 2.33. The Morgan fingerprint density at radius 3 is 2.23 bits per heavy atom. The number of nitrogens with zero attached hydrogens (tertiary/aromatic N) is 2. The molecule has 230 valence electrons. The molecule has 1 aliphatic heterocycles.